The second-order valence-corrected chi connectivity index (χ2v) is 10.8. The maximum Gasteiger partial charge on any atom is 0.261 e. The van der Waals surface area contributed by atoms with E-state index in [0.29, 0.717) is 11.5 Å². The van der Waals surface area contributed by atoms with E-state index in [4.69, 9.17) is 0 Å². The molecule has 0 saturated carbocycles. The van der Waals surface area contributed by atoms with Gasteiger partial charge < -0.3 is 4.90 Å². The molecule has 4 nitrogen and oxygen atoms in total. The number of aromatic nitrogens is 2. The molecular weight excluding hydrogens is 434 g/mol. The number of fused-ring (bicyclic) bond motifs is 3. The summed E-state index contributed by atoms with van der Waals surface area (Å²) in [5, 5.41) is 4.54. The smallest absolute Gasteiger partial charge is 0.261 e. The van der Waals surface area contributed by atoms with Gasteiger partial charge in [-0.05, 0) is 56.2 Å². The summed E-state index contributed by atoms with van der Waals surface area (Å²) in [4.78, 5) is 20.9. The lowest BCUT2D eigenvalue weighted by molar-refractivity contribution is 0.0749. The van der Waals surface area contributed by atoms with E-state index >= 15 is 0 Å². The summed E-state index contributed by atoms with van der Waals surface area (Å²) >= 11 is 3.59. The second kappa shape index (κ2) is 8.16. The first kappa shape index (κ1) is 20.2. The van der Waals surface area contributed by atoms with Gasteiger partial charge in [0.2, 0.25) is 0 Å². The van der Waals surface area contributed by atoms with Gasteiger partial charge >= 0.3 is 0 Å². The minimum absolute atomic E-state index is 0.0948. The van der Waals surface area contributed by atoms with Crippen LogP contribution in [0.2, 0.25) is 0 Å². The maximum absolute atomic E-state index is 13.8. The van der Waals surface area contributed by atoms with Crippen LogP contribution in [0.25, 0.3) is 11.3 Å². The Morgan fingerprint density at radius 1 is 1.00 bits per heavy atom. The van der Waals surface area contributed by atoms with E-state index < -0.39 is 0 Å². The van der Waals surface area contributed by atoms with Gasteiger partial charge in [0.05, 0.1) is 17.5 Å². The predicted molar refractivity (Wildman–Crippen MR) is 129 cm³/mol. The van der Waals surface area contributed by atoms with Crippen LogP contribution in [0.3, 0.4) is 0 Å². The standard InChI is InChI=1S/C26H25N3OS2/c1-28-24(18-10-6-14-23-25(18)32-22-13-5-4-12-21(22)31-23)19(16-27-28)26(30)29-15-7-9-17-8-2-3-11-20(17)29/h4-6,10-14,16-17H,2-3,7-9,15H2,1H3. The van der Waals surface area contributed by atoms with Gasteiger partial charge in [0.15, 0.2) is 0 Å². The molecule has 1 atom stereocenters. The van der Waals surface area contributed by atoms with Crippen LogP contribution in [0, 0.1) is 5.92 Å². The zero-order chi connectivity index (χ0) is 21.7. The maximum atomic E-state index is 13.8. The number of amides is 1. The van der Waals surface area contributed by atoms with Crippen LogP contribution < -0.4 is 0 Å². The SMILES string of the molecule is Cn1ncc(C(=O)N2CCCC3CCCC=C32)c1-c1cccc2c1Sc1ccccc1S2. The lowest BCUT2D eigenvalue weighted by Crippen LogP contribution is -2.39. The summed E-state index contributed by atoms with van der Waals surface area (Å²) in [7, 11) is 1.94. The van der Waals surface area contributed by atoms with Crippen LogP contribution >= 0.6 is 23.5 Å². The number of benzene rings is 2. The molecule has 6 rings (SSSR count). The van der Waals surface area contributed by atoms with E-state index in [1.807, 2.05) is 16.6 Å². The summed E-state index contributed by atoms with van der Waals surface area (Å²) in [5.41, 5.74) is 3.95. The van der Waals surface area contributed by atoms with Crippen molar-refractivity contribution in [2.24, 2.45) is 13.0 Å². The van der Waals surface area contributed by atoms with Crippen LogP contribution in [0.5, 0.6) is 0 Å². The Labute approximate surface area is 197 Å². The number of rotatable bonds is 2. The molecule has 1 unspecified atom stereocenters. The molecule has 1 saturated heterocycles. The Kier molecular flexibility index (Phi) is 5.15. The second-order valence-electron chi connectivity index (χ2n) is 8.67. The Bertz CT molecular complexity index is 1250. The first-order valence-electron chi connectivity index (χ1n) is 11.3. The normalized spacial score (nSPS) is 19.6. The molecule has 0 spiro atoms. The van der Waals surface area contributed by atoms with Crippen molar-refractivity contribution < 1.29 is 4.79 Å². The molecule has 1 aromatic heterocycles. The minimum Gasteiger partial charge on any atom is -0.312 e. The van der Waals surface area contributed by atoms with Crippen LogP contribution in [0.15, 0.2) is 80.0 Å². The average molecular weight is 460 g/mol. The minimum atomic E-state index is 0.0948. The highest BCUT2D eigenvalue weighted by molar-refractivity contribution is 8.05. The molecule has 1 fully saturated rings. The van der Waals surface area contributed by atoms with Crippen molar-refractivity contribution in [3.63, 3.8) is 0 Å². The quantitative estimate of drug-likeness (QED) is 0.337. The number of aryl methyl sites for hydroxylation is 1. The molecule has 1 aliphatic carbocycles. The first-order valence-corrected chi connectivity index (χ1v) is 13.0. The molecule has 3 aliphatic rings. The van der Waals surface area contributed by atoms with E-state index in [1.165, 1.54) is 44.5 Å². The van der Waals surface area contributed by atoms with Gasteiger partial charge in [-0.25, -0.2) is 0 Å². The van der Waals surface area contributed by atoms with Gasteiger partial charge in [-0.1, -0.05) is 53.9 Å². The molecule has 0 bridgehead atoms. The summed E-state index contributed by atoms with van der Waals surface area (Å²) in [6.07, 6.45) is 9.86. The fraction of sp³-hybridized carbons (Fsp3) is 0.308. The van der Waals surface area contributed by atoms with Crippen LogP contribution in [0.1, 0.15) is 42.5 Å². The van der Waals surface area contributed by atoms with Gasteiger partial charge in [0.1, 0.15) is 0 Å². The van der Waals surface area contributed by atoms with Crippen molar-refractivity contribution in [1.29, 1.82) is 0 Å². The fourth-order valence-corrected chi connectivity index (χ4v) is 7.57. The average Bonchev–Trinajstić information content (AvgIpc) is 3.22. The van der Waals surface area contributed by atoms with E-state index in [0.717, 1.165) is 30.6 Å². The third-order valence-electron chi connectivity index (χ3n) is 6.70. The highest BCUT2D eigenvalue weighted by atomic mass is 32.2. The largest absolute Gasteiger partial charge is 0.312 e. The zero-order valence-electron chi connectivity index (χ0n) is 18.1. The van der Waals surface area contributed by atoms with Gasteiger partial charge in [0.25, 0.3) is 5.91 Å². The Morgan fingerprint density at radius 2 is 1.78 bits per heavy atom. The van der Waals surface area contributed by atoms with Crippen molar-refractivity contribution in [1.82, 2.24) is 14.7 Å². The summed E-state index contributed by atoms with van der Waals surface area (Å²) in [6.45, 7) is 0.806. The molecule has 32 heavy (non-hydrogen) atoms. The highest BCUT2D eigenvalue weighted by Gasteiger charge is 2.33. The molecule has 162 valence electrons. The number of hydrogen-bond acceptors (Lipinski definition) is 4. The monoisotopic (exact) mass is 459 g/mol. The number of carbonyl (C=O) groups excluding carboxylic acids is 1. The van der Waals surface area contributed by atoms with Gasteiger partial charge in [0, 0.05) is 44.4 Å². The Hall–Kier alpha value is -2.44. The van der Waals surface area contributed by atoms with Crippen molar-refractivity contribution in [2.45, 2.75) is 51.7 Å². The first-order chi connectivity index (χ1) is 15.7. The van der Waals surface area contributed by atoms with Gasteiger partial charge in [-0.15, -0.1) is 0 Å². The highest BCUT2D eigenvalue weighted by Crippen LogP contribution is 2.52. The number of likely N-dealkylation sites (tertiary alicyclic amines) is 1. The molecule has 3 aromatic rings. The fourth-order valence-electron chi connectivity index (χ4n) is 5.19. The molecule has 0 N–H and O–H groups in total. The van der Waals surface area contributed by atoms with Gasteiger partial charge in [-0.3, -0.25) is 9.48 Å². The van der Waals surface area contributed by atoms with E-state index in [-0.39, 0.29) is 5.91 Å². The van der Waals surface area contributed by atoms with E-state index in [1.54, 1.807) is 29.7 Å². The molecule has 3 heterocycles. The van der Waals surface area contributed by atoms with Crippen LogP contribution in [-0.2, 0) is 7.05 Å². The van der Waals surface area contributed by atoms with Crippen LogP contribution in [-0.4, -0.2) is 27.1 Å². The zero-order valence-corrected chi connectivity index (χ0v) is 19.7. The van der Waals surface area contributed by atoms with Crippen molar-refractivity contribution >= 4 is 29.4 Å². The van der Waals surface area contributed by atoms with Crippen molar-refractivity contribution in [3.05, 3.63) is 66.0 Å². The Balaban J connectivity index is 1.42. The van der Waals surface area contributed by atoms with Gasteiger partial charge in [-0.2, -0.15) is 5.10 Å². The van der Waals surface area contributed by atoms with Crippen molar-refractivity contribution in [2.75, 3.05) is 6.54 Å². The predicted octanol–water partition coefficient (Wildman–Crippen LogP) is 6.62. The number of nitrogens with zero attached hydrogens (tertiary/aromatic N) is 3. The number of allylic oxidation sites excluding steroid dienone is 2. The number of hydrogen-bond donors (Lipinski definition) is 0. The molecular formula is C26H25N3OS2. The van der Waals surface area contributed by atoms with E-state index in [9.17, 15) is 4.79 Å². The summed E-state index contributed by atoms with van der Waals surface area (Å²) < 4.78 is 1.87. The topological polar surface area (TPSA) is 38.1 Å². The summed E-state index contributed by atoms with van der Waals surface area (Å²) in [6, 6.07) is 14.9. The Morgan fingerprint density at radius 3 is 2.66 bits per heavy atom. The third kappa shape index (κ3) is 3.32. The third-order valence-corrected chi connectivity index (χ3v) is 9.32. The molecule has 2 aliphatic heterocycles. The molecule has 2 aromatic carbocycles. The number of piperidine rings is 1. The van der Waals surface area contributed by atoms with Crippen molar-refractivity contribution in [3.8, 4) is 11.3 Å². The lowest BCUT2D eigenvalue weighted by atomic mass is 9.84. The van der Waals surface area contributed by atoms with E-state index in [2.05, 4.69) is 53.6 Å². The molecule has 0 radical (unpaired) electrons. The van der Waals surface area contributed by atoms with Crippen LogP contribution in [0.4, 0.5) is 0 Å². The number of carbonyl (C=O) groups is 1. The lowest BCUT2D eigenvalue weighted by Gasteiger charge is -2.38. The summed E-state index contributed by atoms with van der Waals surface area (Å²) in [5.74, 6) is 0.631. The molecule has 6 heteroatoms. The molecule has 1 amide bonds.